The van der Waals surface area contributed by atoms with E-state index in [1.54, 1.807) is 11.3 Å². The number of pyridine rings is 1. The molecule has 1 saturated heterocycles. The number of hydrogen-bond donors (Lipinski definition) is 0. The Bertz CT molecular complexity index is 855. The highest BCUT2D eigenvalue weighted by molar-refractivity contribution is 7.10. The molecule has 1 unspecified atom stereocenters. The van der Waals surface area contributed by atoms with E-state index in [4.69, 9.17) is 0 Å². The van der Waals surface area contributed by atoms with Gasteiger partial charge in [-0.25, -0.2) is 0 Å². The van der Waals surface area contributed by atoms with Crippen molar-refractivity contribution in [3.8, 4) is 0 Å². The van der Waals surface area contributed by atoms with Gasteiger partial charge >= 0.3 is 0 Å². The molecule has 0 radical (unpaired) electrons. The zero-order chi connectivity index (χ0) is 19.9. The minimum Gasteiger partial charge on any atom is -0.335 e. The molecule has 2 aromatic heterocycles. The molecule has 4 nitrogen and oxygen atoms in total. The second kappa shape index (κ2) is 7.60. The second-order valence-corrected chi connectivity index (χ2v) is 9.90. The minimum absolute atomic E-state index is 0.211. The van der Waals surface area contributed by atoms with Gasteiger partial charge in [-0.2, -0.15) is 0 Å². The van der Waals surface area contributed by atoms with Crippen LogP contribution in [-0.2, 0) is 25.9 Å². The number of nitrogens with zero attached hydrogens (tertiary/aromatic N) is 3. The Balaban J connectivity index is 1.45. The van der Waals surface area contributed by atoms with Crippen molar-refractivity contribution < 1.29 is 4.79 Å². The summed E-state index contributed by atoms with van der Waals surface area (Å²) in [7, 11) is 0. The normalized spacial score (nSPS) is 21.7. The van der Waals surface area contributed by atoms with Crippen molar-refractivity contribution in [1.29, 1.82) is 0 Å². The summed E-state index contributed by atoms with van der Waals surface area (Å²) < 4.78 is 0. The molecule has 1 fully saturated rings. The highest BCUT2D eigenvalue weighted by Crippen LogP contribution is 2.38. The monoisotopic (exact) mass is 397 g/mol. The third kappa shape index (κ3) is 3.62. The van der Waals surface area contributed by atoms with Gasteiger partial charge in [0.15, 0.2) is 0 Å². The third-order valence-corrected chi connectivity index (χ3v) is 7.81. The zero-order valence-corrected chi connectivity index (χ0v) is 18.3. The Morgan fingerprint density at radius 3 is 2.79 bits per heavy atom. The minimum atomic E-state index is 0.211. The Kier molecular flexibility index (Phi) is 5.32. The van der Waals surface area contributed by atoms with Gasteiger partial charge in [0.2, 0.25) is 0 Å². The maximum atomic E-state index is 13.2. The molecule has 1 atom stereocenters. The topological polar surface area (TPSA) is 36.4 Å². The summed E-state index contributed by atoms with van der Waals surface area (Å²) in [5.41, 5.74) is 4.86. The van der Waals surface area contributed by atoms with Gasteiger partial charge in [-0.05, 0) is 48.8 Å². The second-order valence-electron chi connectivity index (χ2n) is 8.94. The van der Waals surface area contributed by atoms with Crippen LogP contribution in [0, 0.1) is 5.41 Å². The van der Waals surface area contributed by atoms with Crippen LogP contribution in [0.1, 0.15) is 66.2 Å². The van der Waals surface area contributed by atoms with Crippen LogP contribution in [0.5, 0.6) is 0 Å². The molecule has 4 rings (SSSR count). The average Bonchev–Trinajstić information content (AvgIpc) is 3.22. The van der Waals surface area contributed by atoms with E-state index in [0.29, 0.717) is 6.04 Å². The van der Waals surface area contributed by atoms with E-state index >= 15 is 0 Å². The lowest BCUT2D eigenvalue weighted by molar-refractivity contribution is 0.0705. The van der Waals surface area contributed by atoms with E-state index in [-0.39, 0.29) is 11.3 Å². The van der Waals surface area contributed by atoms with Crippen LogP contribution in [0.15, 0.2) is 23.7 Å². The number of aromatic nitrogens is 1. The van der Waals surface area contributed by atoms with Crippen molar-refractivity contribution in [1.82, 2.24) is 14.8 Å². The van der Waals surface area contributed by atoms with Crippen molar-refractivity contribution in [2.45, 2.75) is 66.1 Å². The van der Waals surface area contributed by atoms with Crippen LogP contribution in [0.25, 0.3) is 0 Å². The first-order chi connectivity index (χ1) is 13.4. The van der Waals surface area contributed by atoms with Crippen molar-refractivity contribution >= 4 is 17.2 Å². The van der Waals surface area contributed by atoms with Gasteiger partial charge in [0, 0.05) is 48.7 Å². The summed E-state index contributed by atoms with van der Waals surface area (Å²) in [5.74, 6) is 0.237. The predicted octanol–water partition coefficient (Wildman–Crippen LogP) is 4.52. The fraction of sp³-hybridized carbons (Fsp3) is 0.565. The first kappa shape index (κ1) is 19.6. The van der Waals surface area contributed by atoms with Gasteiger partial charge in [-0.3, -0.25) is 14.7 Å². The predicted molar refractivity (Wildman–Crippen MR) is 115 cm³/mol. The number of likely N-dealkylation sites (tertiary alicyclic amines) is 1. The van der Waals surface area contributed by atoms with Gasteiger partial charge in [-0.1, -0.05) is 26.8 Å². The standard InChI is InChI=1S/C23H31N3OS/c1-5-17-6-7-18(24-12-17)13-25-10-8-19-20(15-28-21(19)14-25)22(27)26-11-9-23(3,4)16(26)2/h6-7,12,15-16H,5,8-11,13-14H2,1-4H3. The van der Waals surface area contributed by atoms with E-state index in [1.807, 2.05) is 6.20 Å². The van der Waals surface area contributed by atoms with Crippen LogP contribution >= 0.6 is 11.3 Å². The first-order valence-corrected chi connectivity index (χ1v) is 11.3. The molecule has 1 amide bonds. The molecule has 2 aromatic rings. The SMILES string of the molecule is CCc1ccc(CN2CCc3c(C(=O)N4CCC(C)(C)C4C)csc3C2)nc1. The molecule has 2 aliphatic rings. The number of thiophene rings is 1. The Hall–Kier alpha value is -1.72. The molecule has 0 spiro atoms. The molecule has 2 aliphatic heterocycles. The molecule has 0 N–H and O–H groups in total. The number of carbonyl (C=O) groups is 1. The molecule has 28 heavy (non-hydrogen) atoms. The molecule has 0 aliphatic carbocycles. The van der Waals surface area contributed by atoms with Crippen LogP contribution in [0.4, 0.5) is 0 Å². The number of carbonyl (C=O) groups excluding carboxylic acids is 1. The van der Waals surface area contributed by atoms with Crippen LogP contribution in [0.3, 0.4) is 0 Å². The van der Waals surface area contributed by atoms with Gasteiger partial charge in [-0.15, -0.1) is 11.3 Å². The summed E-state index contributed by atoms with van der Waals surface area (Å²) in [4.78, 5) is 23.7. The number of hydrogen-bond acceptors (Lipinski definition) is 4. The largest absolute Gasteiger partial charge is 0.335 e. The highest BCUT2D eigenvalue weighted by Gasteiger charge is 2.40. The van der Waals surface area contributed by atoms with Crippen LogP contribution in [0.2, 0.25) is 0 Å². The average molecular weight is 398 g/mol. The number of fused-ring (bicyclic) bond motifs is 1. The molecular formula is C23H31N3OS. The summed E-state index contributed by atoms with van der Waals surface area (Å²) in [5, 5.41) is 2.10. The summed E-state index contributed by atoms with van der Waals surface area (Å²) in [6, 6.07) is 4.62. The van der Waals surface area contributed by atoms with Crippen molar-refractivity contribution in [2.75, 3.05) is 13.1 Å². The lowest BCUT2D eigenvalue weighted by Crippen LogP contribution is -2.39. The van der Waals surface area contributed by atoms with E-state index in [1.165, 1.54) is 16.0 Å². The van der Waals surface area contributed by atoms with Gasteiger partial charge in [0.1, 0.15) is 0 Å². The smallest absolute Gasteiger partial charge is 0.255 e. The van der Waals surface area contributed by atoms with Gasteiger partial charge in [0.25, 0.3) is 5.91 Å². The molecule has 150 valence electrons. The highest BCUT2D eigenvalue weighted by atomic mass is 32.1. The quantitative estimate of drug-likeness (QED) is 0.761. The Labute approximate surface area is 172 Å². The molecule has 5 heteroatoms. The summed E-state index contributed by atoms with van der Waals surface area (Å²) in [6.45, 7) is 12.6. The fourth-order valence-electron chi connectivity index (χ4n) is 4.35. The molecule has 4 heterocycles. The number of rotatable bonds is 4. The Morgan fingerprint density at radius 1 is 1.32 bits per heavy atom. The van der Waals surface area contributed by atoms with Crippen molar-refractivity contribution in [2.24, 2.45) is 5.41 Å². The maximum absolute atomic E-state index is 13.2. The molecule has 0 bridgehead atoms. The van der Waals surface area contributed by atoms with Gasteiger partial charge in [0.05, 0.1) is 11.3 Å². The molecular weight excluding hydrogens is 366 g/mol. The van der Waals surface area contributed by atoms with Crippen molar-refractivity contribution in [3.05, 3.63) is 51.0 Å². The molecule has 0 aromatic carbocycles. The van der Waals surface area contributed by atoms with Crippen LogP contribution in [-0.4, -0.2) is 39.8 Å². The number of aryl methyl sites for hydroxylation is 1. The maximum Gasteiger partial charge on any atom is 0.255 e. The van der Waals surface area contributed by atoms with E-state index in [0.717, 1.165) is 56.7 Å². The lowest BCUT2D eigenvalue weighted by atomic mass is 9.86. The van der Waals surface area contributed by atoms with E-state index in [9.17, 15) is 4.79 Å². The summed E-state index contributed by atoms with van der Waals surface area (Å²) >= 11 is 1.75. The van der Waals surface area contributed by atoms with E-state index in [2.05, 4.69) is 60.0 Å². The van der Waals surface area contributed by atoms with E-state index < -0.39 is 0 Å². The van der Waals surface area contributed by atoms with Gasteiger partial charge < -0.3 is 4.90 Å². The summed E-state index contributed by atoms with van der Waals surface area (Å²) in [6.07, 6.45) is 5.06. The Morgan fingerprint density at radius 2 is 2.14 bits per heavy atom. The fourth-order valence-corrected chi connectivity index (χ4v) is 5.46. The number of amides is 1. The molecule has 0 saturated carbocycles. The van der Waals surface area contributed by atoms with Crippen molar-refractivity contribution in [3.63, 3.8) is 0 Å². The van der Waals surface area contributed by atoms with Crippen LogP contribution < -0.4 is 0 Å². The zero-order valence-electron chi connectivity index (χ0n) is 17.5. The first-order valence-electron chi connectivity index (χ1n) is 10.5. The third-order valence-electron chi connectivity index (χ3n) is 6.79. The lowest BCUT2D eigenvalue weighted by Gasteiger charge is -2.30.